The van der Waals surface area contributed by atoms with Crippen molar-refractivity contribution in [2.45, 2.75) is 45.8 Å². The highest BCUT2D eigenvalue weighted by atomic mass is 32.1. The number of likely N-dealkylation sites (tertiary alicyclic amines) is 1. The summed E-state index contributed by atoms with van der Waals surface area (Å²) in [6.45, 7) is 8.16. The van der Waals surface area contributed by atoms with E-state index < -0.39 is 5.60 Å². The number of thiophene rings is 1. The van der Waals surface area contributed by atoms with Gasteiger partial charge in [0.15, 0.2) is 0 Å². The number of hydrogen-bond donors (Lipinski definition) is 2. The van der Waals surface area contributed by atoms with Gasteiger partial charge in [-0.15, -0.1) is 11.3 Å². The predicted octanol–water partition coefficient (Wildman–Crippen LogP) is 3.19. The number of nitrogens with zero attached hydrogens (tertiary/aromatic N) is 1. The largest absolute Gasteiger partial charge is 0.444 e. The van der Waals surface area contributed by atoms with E-state index in [0.717, 1.165) is 17.7 Å². The molecular weight excluding hydrogens is 326 g/mol. The van der Waals surface area contributed by atoms with Crippen LogP contribution in [-0.2, 0) is 11.3 Å². The molecule has 7 heteroatoms. The van der Waals surface area contributed by atoms with E-state index in [4.69, 9.17) is 4.74 Å². The summed E-state index contributed by atoms with van der Waals surface area (Å²) in [4.78, 5) is 26.7. The van der Waals surface area contributed by atoms with Gasteiger partial charge in [-0.3, -0.25) is 0 Å². The van der Waals surface area contributed by atoms with Crippen LogP contribution in [0.3, 0.4) is 0 Å². The van der Waals surface area contributed by atoms with Gasteiger partial charge in [-0.2, -0.15) is 0 Å². The third-order valence-corrected chi connectivity index (χ3v) is 4.70. The third kappa shape index (κ3) is 6.39. The molecule has 1 aliphatic rings. The van der Waals surface area contributed by atoms with E-state index in [9.17, 15) is 9.59 Å². The molecule has 2 N–H and O–H groups in total. The van der Waals surface area contributed by atoms with Gasteiger partial charge in [-0.1, -0.05) is 6.07 Å². The molecule has 1 aliphatic heterocycles. The summed E-state index contributed by atoms with van der Waals surface area (Å²) in [5, 5.41) is 7.76. The second-order valence-electron chi connectivity index (χ2n) is 7.05. The van der Waals surface area contributed by atoms with Crippen LogP contribution in [0.5, 0.6) is 0 Å². The molecule has 0 aromatic carbocycles. The van der Waals surface area contributed by atoms with Crippen molar-refractivity contribution in [2.24, 2.45) is 5.92 Å². The number of piperidine rings is 1. The average Bonchev–Trinajstić information content (AvgIpc) is 3.03. The fourth-order valence-electron chi connectivity index (χ4n) is 2.53. The smallest absolute Gasteiger partial charge is 0.410 e. The minimum Gasteiger partial charge on any atom is -0.444 e. The molecule has 134 valence electrons. The number of amides is 3. The molecule has 0 aliphatic carbocycles. The van der Waals surface area contributed by atoms with Crippen molar-refractivity contribution in [3.05, 3.63) is 22.4 Å². The first-order chi connectivity index (χ1) is 11.3. The second-order valence-corrected chi connectivity index (χ2v) is 8.09. The zero-order chi connectivity index (χ0) is 17.6. The standard InChI is InChI=1S/C17H27N3O3S/c1-17(2,3)23-16(22)20-8-6-13(7-9-20)11-18-15(21)19-12-14-5-4-10-24-14/h4-5,10,13H,6-9,11-12H2,1-3H3,(H2,18,19,21). The van der Waals surface area contributed by atoms with Gasteiger partial charge in [-0.25, -0.2) is 9.59 Å². The summed E-state index contributed by atoms with van der Waals surface area (Å²) in [5.41, 5.74) is -0.462. The highest BCUT2D eigenvalue weighted by Crippen LogP contribution is 2.19. The lowest BCUT2D eigenvalue weighted by Crippen LogP contribution is -2.44. The highest BCUT2D eigenvalue weighted by molar-refractivity contribution is 7.09. The van der Waals surface area contributed by atoms with Crippen molar-refractivity contribution < 1.29 is 14.3 Å². The van der Waals surface area contributed by atoms with Crippen LogP contribution < -0.4 is 10.6 Å². The molecule has 6 nitrogen and oxygen atoms in total. The van der Waals surface area contributed by atoms with Gasteiger partial charge < -0.3 is 20.3 Å². The van der Waals surface area contributed by atoms with Gasteiger partial charge in [0.05, 0.1) is 6.54 Å². The zero-order valence-electron chi connectivity index (χ0n) is 14.6. The van der Waals surface area contributed by atoms with Crippen LogP contribution in [-0.4, -0.2) is 42.3 Å². The maximum atomic E-state index is 12.0. The van der Waals surface area contributed by atoms with Gasteiger partial charge in [0.25, 0.3) is 0 Å². The Morgan fingerprint density at radius 3 is 2.58 bits per heavy atom. The lowest BCUT2D eigenvalue weighted by Gasteiger charge is -2.33. The minimum atomic E-state index is -0.462. The first-order valence-corrected chi connectivity index (χ1v) is 9.23. The van der Waals surface area contributed by atoms with Gasteiger partial charge in [0.2, 0.25) is 0 Å². The number of carbonyl (C=O) groups excluding carboxylic acids is 2. The van der Waals surface area contributed by atoms with E-state index in [0.29, 0.717) is 32.1 Å². The number of hydrogen-bond acceptors (Lipinski definition) is 4. The van der Waals surface area contributed by atoms with Crippen molar-refractivity contribution in [3.8, 4) is 0 Å². The first-order valence-electron chi connectivity index (χ1n) is 8.35. The van der Waals surface area contributed by atoms with Crippen LogP contribution in [0.4, 0.5) is 9.59 Å². The number of carbonyl (C=O) groups is 2. The molecule has 2 rings (SSSR count). The van der Waals surface area contributed by atoms with Crippen molar-refractivity contribution in [1.29, 1.82) is 0 Å². The molecule has 0 unspecified atom stereocenters. The van der Waals surface area contributed by atoms with Crippen LogP contribution >= 0.6 is 11.3 Å². The third-order valence-electron chi connectivity index (χ3n) is 3.82. The molecule has 0 atom stereocenters. The maximum Gasteiger partial charge on any atom is 0.410 e. The van der Waals surface area contributed by atoms with Crippen LogP contribution in [0.15, 0.2) is 17.5 Å². The zero-order valence-corrected chi connectivity index (χ0v) is 15.4. The molecule has 0 spiro atoms. The number of rotatable bonds is 4. The quantitative estimate of drug-likeness (QED) is 0.873. The summed E-state index contributed by atoms with van der Waals surface area (Å²) in [7, 11) is 0. The summed E-state index contributed by atoms with van der Waals surface area (Å²) < 4.78 is 5.39. The summed E-state index contributed by atoms with van der Waals surface area (Å²) in [6, 6.07) is 3.83. The number of urea groups is 1. The van der Waals surface area contributed by atoms with Crippen LogP contribution in [0.1, 0.15) is 38.5 Å². The van der Waals surface area contributed by atoms with Crippen LogP contribution in [0.2, 0.25) is 0 Å². The maximum absolute atomic E-state index is 12.0. The van der Waals surface area contributed by atoms with E-state index in [1.807, 2.05) is 38.3 Å². The molecular formula is C17H27N3O3S. The molecule has 0 radical (unpaired) electrons. The van der Waals surface area contributed by atoms with Gasteiger partial charge >= 0.3 is 12.1 Å². The summed E-state index contributed by atoms with van der Waals surface area (Å²) >= 11 is 1.63. The number of ether oxygens (including phenoxy) is 1. The Labute approximate surface area is 147 Å². The van der Waals surface area contributed by atoms with Crippen LogP contribution in [0, 0.1) is 5.92 Å². The fraction of sp³-hybridized carbons (Fsp3) is 0.647. The molecule has 24 heavy (non-hydrogen) atoms. The Morgan fingerprint density at radius 2 is 2.00 bits per heavy atom. The normalized spacial score (nSPS) is 15.9. The molecule has 1 aromatic rings. The topological polar surface area (TPSA) is 70.7 Å². The summed E-state index contributed by atoms with van der Waals surface area (Å²) in [6.07, 6.45) is 1.51. The van der Waals surface area contributed by atoms with Gasteiger partial charge in [-0.05, 0) is 51.0 Å². The lowest BCUT2D eigenvalue weighted by atomic mass is 9.97. The van der Waals surface area contributed by atoms with Crippen molar-refractivity contribution in [1.82, 2.24) is 15.5 Å². The Morgan fingerprint density at radius 1 is 1.29 bits per heavy atom. The van der Waals surface area contributed by atoms with E-state index >= 15 is 0 Å². The first kappa shape index (κ1) is 18.6. The average molecular weight is 353 g/mol. The number of nitrogens with one attached hydrogen (secondary N) is 2. The van der Waals surface area contributed by atoms with Crippen molar-refractivity contribution in [3.63, 3.8) is 0 Å². The van der Waals surface area contributed by atoms with Crippen molar-refractivity contribution >= 4 is 23.5 Å². The van der Waals surface area contributed by atoms with E-state index in [1.165, 1.54) is 0 Å². The molecule has 0 bridgehead atoms. The van der Waals surface area contributed by atoms with Gasteiger partial charge in [0.1, 0.15) is 5.60 Å². The predicted molar refractivity (Wildman–Crippen MR) is 95.1 cm³/mol. The molecule has 1 aromatic heterocycles. The monoisotopic (exact) mass is 353 g/mol. The Hall–Kier alpha value is -1.76. The second kappa shape index (κ2) is 8.37. The van der Waals surface area contributed by atoms with E-state index in [1.54, 1.807) is 16.2 Å². The molecule has 3 amide bonds. The fourth-order valence-corrected chi connectivity index (χ4v) is 3.17. The lowest BCUT2D eigenvalue weighted by molar-refractivity contribution is 0.0184. The Balaban J connectivity index is 1.62. The van der Waals surface area contributed by atoms with E-state index in [2.05, 4.69) is 10.6 Å². The molecule has 1 fully saturated rings. The molecule has 1 saturated heterocycles. The molecule has 0 saturated carbocycles. The minimum absolute atomic E-state index is 0.141. The Bertz CT molecular complexity index is 532. The summed E-state index contributed by atoms with van der Waals surface area (Å²) in [5.74, 6) is 0.399. The van der Waals surface area contributed by atoms with E-state index in [-0.39, 0.29) is 12.1 Å². The SMILES string of the molecule is CC(C)(C)OC(=O)N1CCC(CNC(=O)NCc2cccs2)CC1. The van der Waals surface area contributed by atoms with Crippen molar-refractivity contribution in [2.75, 3.05) is 19.6 Å². The highest BCUT2D eigenvalue weighted by Gasteiger charge is 2.26. The van der Waals surface area contributed by atoms with Gasteiger partial charge in [0, 0.05) is 24.5 Å². The Kier molecular flexibility index (Phi) is 6.48. The van der Waals surface area contributed by atoms with Crippen LogP contribution in [0.25, 0.3) is 0 Å². The molecule has 2 heterocycles.